The molecule has 1 amide bonds. The van der Waals surface area contributed by atoms with Gasteiger partial charge in [-0.1, -0.05) is 41.3 Å². The quantitative estimate of drug-likeness (QED) is 0.572. The van der Waals surface area contributed by atoms with Gasteiger partial charge in [-0.25, -0.2) is 4.39 Å². The van der Waals surface area contributed by atoms with Crippen LogP contribution in [0, 0.1) is 17.1 Å². The third-order valence-corrected chi connectivity index (χ3v) is 5.33. The Labute approximate surface area is 163 Å². The first-order chi connectivity index (χ1) is 13.1. The standard InChI is InChI=1S/C18H14FN5OS2/c19-13-5-3-6-14(10-13)21-17-23-24-18(27-17)26-9-8-16(25)22-15-7-2-1-4-12(15)11-20/h1-7,10H,8-9H2,(H,21,23)(H,22,25). The smallest absolute Gasteiger partial charge is 0.225 e. The number of para-hydroxylation sites is 1. The van der Waals surface area contributed by atoms with Crippen LogP contribution in [0.3, 0.4) is 0 Å². The number of benzene rings is 2. The topological polar surface area (TPSA) is 90.7 Å². The van der Waals surface area contributed by atoms with Crippen LogP contribution in [0.25, 0.3) is 0 Å². The highest BCUT2D eigenvalue weighted by Crippen LogP contribution is 2.28. The molecule has 0 aliphatic carbocycles. The van der Waals surface area contributed by atoms with E-state index in [9.17, 15) is 9.18 Å². The fourth-order valence-corrected chi connectivity index (χ4v) is 3.92. The normalized spacial score (nSPS) is 10.2. The van der Waals surface area contributed by atoms with E-state index in [-0.39, 0.29) is 18.1 Å². The van der Waals surface area contributed by atoms with Crippen LogP contribution in [0.4, 0.5) is 20.9 Å². The maximum atomic E-state index is 13.2. The molecule has 0 radical (unpaired) electrons. The van der Waals surface area contributed by atoms with Crippen molar-refractivity contribution in [2.24, 2.45) is 0 Å². The lowest BCUT2D eigenvalue weighted by Gasteiger charge is -2.05. The zero-order valence-corrected chi connectivity index (χ0v) is 15.6. The SMILES string of the molecule is N#Cc1ccccc1NC(=O)CCSc1nnc(Nc2cccc(F)c2)s1. The Morgan fingerprint density at radius 3 is 2.89 bits per heavy atom. The first-order valence-corrected chi connectivity index (χ1v) is 9.72. The van der Waals surface area contributed by atoms with E-state index in [1.807, 2.05) is 6.07 Å². The highest BCUT2D eigenvalue weighted by atomic mass is 32.2. The zero-order valence-electron chi connectivity index (χ0n) is 14.0. The summed E-state index contributed by atoms with van der Waals surface area (Å²) in [6.45, 7) is 0. The first-order valence-electron chi connectivity index (χ1n) is 7.92. The number of rotatable bonds is 7. The van der Waals surface area contributed by atoms with Crippen molar-refractivity contribution in [1.82, 2.24) is 10.2 Å². The predicted molar refractivity (Wildman–Crippen MR) is 105 cm³/mol. The third-order valence-electron chi connectivity index (χ3n) is 3.36. The highest BCUT2D eigenvalue weighted by Gasteiger charge is 2.09. The first kappa shape index (κ1) is 18.8. The number of hydrogen-bond donors (Lipinski definition) is 2. The van der Waals surface area contributed by atoms with Crippen molar-refractivity contribution in [3.8, 4) is 6.07 Å². The van der Waals surface area contributed by atoms with Gasteiger partial charge in [0.2, 0.25) is 11.0 Å². The molecule has 0 aliphatic rings. The number of nitriles is 1. The number of hydrogen-bond acceptors (Lipinski definition) is 7. The molecule has 3 aromatic rings. The van der Waals surface area contributed by atoms with Gasteiger partial charge in [0, 0.05) is 17.9 Å². The minimum atomic E-state index is -0.330. The second-order valence-corrected chi connectivity index (χ2v) is 7.63. The fourth-order valence-electron chi connectivity index (χ4n) is 2.14. The Morgan fingerprint density at radius 2 is 2.07 bits per heavy atom. The Kier molecular flexibility index (Phi) is 6.35. The summed E-state index contributed by atoms with van der Waals surface area (Å²) in [7, 11) is 0. The number of nitrogens with one attached hydrogen (secondary N) is 2. The molecule has 27 heavy (non-hydrogen) atoms. The molecule has 2 N–H and O–H groups in total. The Balaban J connectivity index is 1.47. The molecule has 0 spiro atoms. The molecule has 0 saturated carbocycles. The summed E-state index contributed by atoms with van der Waals surface area (Å²) in [6, 6.07) is 15.0. The van der Waals surface area contributed by atoms with Gasteiger partial charge in [-0.15, -0.1) is 10.2 Å². The predicted octanol–water partition coefficient (Wildman–Crippen LogP) is 4.41. The van der Waals surface area contributed by atoms with Crippen molar-refractivity contribution in [3.63, 3.8) is 0 Å². The van der Waals surface area contributed by atoms with E-state index >= 15 is 0 Å². The van der Waals surface area contributed by atoms with Crippen LogP contribution in [-0.2, 0) is 4.79 Å². The van der Waals surface area contributed by atoms with E-state index < -0.39 is 0 Å². The molecule has 2 aromatic carbocycles. The Bertz CT molecular complexity index is 986. The summed E-state index contributed by atoms with van der Waals surface area (Å²) in [6.07, 6.45) is 0.274. The van der Waals surface area contributed by atoms with Gasteiger partial charge in [-0.2, -0.15) is 5.26 Å². The van der Waals surface area contributed by atoms with Crippen molar-refractivity contribution in [3.05, 3.63) is 59.9 Å². The molecule has 136 valence electrons. The minimum absolute atomic E-state index is 0.173. The fraction of sp³-hybridized carbons (Fsp3) is 0.111. The van der Waals surface area contributed by atoms with Crippen LogP contribution >= 0.6 is 23.1 Å². The largest absolute Gasteiger partial charge is 0.330 e. The van der Waals surface area contributed by atoms with Gasteiger partial charge in [-0.05, 0) is 30.3 Å². The van der Waals surface area contributed by atoms with Crippen LogP contribution in [-0.4, -0.2) is 21.9 Å². The number of nitrogens with zero attached hydrogens (tertiary/aromatic N) is 3. The molecule has 1 heterocycles. The molecule has 6 nitrogen and oxygen atoms in total. The average molecular weight is 399 g/mol. The molecule has 0 fully saturated rings. The van der Waals surface area contributed by atoms with Crippen LogP contribution in [0.2, 0.25) is 0 Å². The number of thioether (sulfide) groups is 1. The number of carbonyl (C=O) groups is 1. The third kappa shape index (κ3) is 5.51. The summed E-state index contributed by atoms with van der Waals surface area (Å²) in [5, 5.41) is 23.4. The van der Waals surface area contributed by atoms with Gasteiger partial charge >= 0.3 is 0 Å². The van der Waals surface area contributed by atoms with Crippen molar-refractivity contribution >= 4 is 45.5 Å². The van der Waals surface area contributed by atoms with E-state index in [4.69, 9.17) is 5.26 Å². The molecular weight excluding hydrogens is 385 g/mol. The second kappa shape index (κ2) is 9.12. The maximum Gasteiger partial charge on any atom is 0.225 e. The zero-order chi connectivity index (χ0) is 19.1. The van der Waals surface area contributed by atoms with Gasteiger partial charge < -0.3 is 10.6 Å². The van der Waals surface area contributed by atoms with Crippen LogP contribution in [0.15, 0.2) is 52.9 Å². The second-order valence-electron chi connectivity index (χ2n) is 5.31. The average Bonchev–Trinajstić information content (AvgIpc) is 3.09. The molecule has 0 bridgehead atoms. The number of carbonyl (C=O) groups excluding carboxylic acids is 1. The van der Waals surface area contributed by atoms with Gasteiger partial charge in [0.05, 0.1) is 11.3 Å². The Morgan fingerprint density at radius 1 is 1.22 bits per heavy atom. The van der Waals surface area contributed by atoms with E-state index in [1.54, 1.807) is 36.4 Å². The highest BCUT2D eigenvalue weighted by molar-refractivity contribution is 8.01. The van der Waals surface area contributed by atoms with Gasteiger partial charge in [0.25, 0.3) is 0 Å². The van der Waals surface area contributed by atoms with Crippen LogP contribution in [0.1, 0.15) is 12.0 Å². The summed E-state index contributed by atoms with van der Waals surface area (Å²) < 4.78 is 13.9. The van der Waals surface area contributed by atoms with E-state index in [1.165, 1.54) is 35.2 Å². The molecule has 0 aliphatic heterocycles. The lowest BCUT2D eigenvalue weighted by Crippen LogP contribution is -2.13. The lowest BCUT2D eigenvalue weighted by molar-refractivity contribution is -0.115. The molecular formula is C18H14FN5OS2. The monoisotopic (exact) mass is 399 g/mol. The summed E-state index contributed by atoms with van der Waals surface area (Å²) in [5.74, 6) is 0.0192. The van der Waals surface area contributed by atoms with Crippen LogP contribution < -0.4 is 10.6 Å². The summed E-state index contributed by atoms with van der Waals surface area (Å²) in [5.41, 5.74) is 1.53. The molecule has 1 aromatic heterocycles. The molecule has 9 heteroatoms. The van der Waals surface area contributed by atoms with Crippen LogP contribution in [0.5, 0.6) is 0 Å². The van der Waals surface area contributed by atoms with Gasteiger partial charge in [-0.3, -0.25) is 4.79 Å². The van der Waals surface area contributed by atoms with E-state index in [2.05, 4.69) is 20.8 Å². The molecule has 0 atom stereocenters. The minimum Gasteiger partial charge on any atom is -0.330 e. The van der Waals surface area contributed by atoms with Gasteiger partial charge in [0.1, 0.15) is 11.9 Å². The maximum absolute atomic E-state index is 13.2. The molecule has 0 saturated heterocycles. The van der Waals surface area contributed by atoms with Gasteiger partial charge in [0.15, 0.2) is 4.34 Å². The number of amides is 1. The van der Waals surface area contributed by atoms with E-state index in [0.717, 1.165) is 0 Å². The summed E-state index contributed by atoms with van der Waals surface area (Å²) in [4.78, 5) is 12.0. The van der Waals surface area contributed by atoms with Crippen molar-refractivity contribution in [2.45, 2.75) is 10.8 Å². The Hall–Kier alpha value is -2.96. The van der Waals surface area contributed by atoms with Crippen molar-refractivity contribution in [1.29, 1.82) is 5.26 Å². The lowest BCUT2D eigenvalue weighted by atomic mass is 10.2. The summed E-state index contributed by atoms with van der Waals surface area (Å²) >= 11 is 2.74. The number of aromatic nitrogens is 2. The molecule has 0 unspecified atom stereocenters. The van der Waals surface area contributed by atoms with Crippen molar-refractivity contribution < 1.29 is 9.18 Å². The van der Waals surface area contributed by atoms with E-state index in [0.29, 0.717) is 32.2 Å². The number of anilines is 3. The molecule has 3 rings (SSSR count). The van der Waals surface area contributed by atoms with Crippen molar-refractivity contribution in [2.75, 3.05) is 16.4 Å². The number of halogens is 1.